The van der Waals surface area contributed by atoms with E-state index < -0.39 is 10.0 Å². The summed E-state index contributed by atoms with van der Waals surface area (Å²) in [6.07, 6.45) is 6.54. The summed E-state index contributed by atoms with van der Waals surface area (Å²) in [6.45, 7) is 3.02. The van der Waals surface area contributed by atoms with Crippen molar-refractivity contribution in [2.45, 2.75) is 55.7 Å². The number of hydrogen-bond donors (Lipinski definition) is 1. The van der Waals surface area contributed by atoms with Gasteiger partial charge in [-0.15, -0.1) is 11.3 Å². The Kier molecular flexibility index (Phi) is 5.14. The van der Waals surface area contributed by atoms with Gasteiger partial charge in [0.25, 0.3) is 10.0 Å². The predicted molar refractivity (Wildman–Crippen MR) is 102 cm³/mol. The summed E-state index contributed by atoms with van der Waals surface area (Å²) >= 11 is 1.25. The maximum atomic E-state index is 12.7. The van der Waals surface area contributed by atoms with Crippen molar-refractivity contribution in [3.05, 3.63) is 17.5 Å². The first-order valence-electron chi connectivity index (χ1n) is 9.79. The van der Waals surface area contributed by atoms with Crippen LogP contribution < -0.4 is 5.32 Å². The number of nitrogens with zero attached hydrogens (tertiary/aromatic N) is 1. The molecule has 0 aromatic carbocycles. The maximum absolute atomic E-state index is 12.7. The Bertz CT molecular complexity index is 739. The summed E-state index contributed by atoms with van der Waals surface area (Å²) in [6, 6.07) is 3.65. The second-order valence-corrected chi connectivity index (χ2v) is 11.4. The molecule has 1 amide bonds. The number of sulfonamides is 1. The molecule has 2 bridgehead atoms. The van der Waals surface area contributed by atoms with Crippen LogP contribution in [-0.2, 0) is 14.8 Å². The molecule has 1 aromatic rings. The smallest absolute Gasteiger partial charge is 0.252 e. The largest absolute Gasteiger partial charge is 0.353 e. The van der Waals surface area contributed by atoms with E-state index in [1.165, 1.54) is 41.3 Å². The summed E-state index contributed by atoms with van der Waals surface area (Å²) in [5.41, 5.74) is 0. The number of piperidine rings is 1. The van der Waals surface area contributed by atoms with Crippen LogP contribution in [0.1, 0.15) is 45.4 Å². The van der Waals surface area contributed by atoms with Gasteiger partial charge in [0.1, 0.15) is 4.21 Å². The maximum Gasteiger partial charge on any atom is 0.252 e. The zero-order valence-corrected chi connectivity index (χ0v) is 16.9. The zero-order valence-electron chi connectivity index (χ0n) is 15.3. The van der Waals surface area contributed by atoms with Crippen molar-refractivity contribution in [1.29, 1.82) is 0 Å². The van der Waals surface area contributed by atoms with Gasteiger partial charge in [-0.05, 0) is 68.2 Å². The van der Waals surface area contributed by atoms with E-state index in [1.807, 2.05) is 0 Å². The molecule has 26 heavy (non-hydrogen) atoms. The van der Waals surface area contributed by atoms with E-state index in [1.54, 1.807) is 17.5 Å². The first kappa shape index (κ1) is 18.4. The Labute approximate surface area is 160 Å². The van der Waals surface area contributed by atoms with Crippen molar-refractivity contribution in [2.75, 3.05) is 13.1 Å². The van der Waals surface area contributed by atoms with Gasteiger partial charge in [-0.2, -0.15) is 4.31 Å². The molecule has 1 saturated heterocycles. The monoisotopic (exact) mass is 396 g/mol. The van der Waals surface area contributed by atoms with Crippen LogP contribution in [0, 0.1) is 23.7 Å². The van der Waals surface area contributed by atoms with Crippen LogP contribution in [0.3, 0.4) is 0 Å². The number of hydrogen-bond acceptors (Lipinski definition) is 4. The van der Waals surface area contributed by atoms with Crippen molar-refractivity contribution in [3.8, 4) is 0 Å². The predicted octanol–water partition coefficient (Wildman–Crippen LogP) is 3.09. The van der Waals surface area contributed by atoms with E-state index in [-0.39, 0.29) is 17.9 Å². The van der Waals surface area contributed by atoms with Crippen molar-refractivity contribution in [1.82, 2.24) is 9.62 Å². The molecule has 1 N–H and O–H groups in total. The highest BCUT2D eigenvalue weighted by molar-refractivity contribution is 7.91. The van der Waals surface area contributed by atoms with E-state index in [9.17, 15) is 13.2 Å². The Hall–Kier alpha value is -0.920. The van der Waals surface area contributed by atoms with Gasteiger partial charge in [0.05, 0.1) is 0 Å². The van der Waals surface area contributed by atoms with Gasteiger partial charge < -0.3 is 5.32 Å². The average molecular weight is 397 g/mol. The second-order valence-electron chi connectivity index (χ2n) is 8.25. The minimum Gasteiger partial charge on any atom is -0.353 e. The highest BCUT2D eigenvalue weighted by Crippen LogP contribution is 2.49. The Morgan fingerprint density at radius 1 is 1.23 bits per heavy atom. The van der Waals surface area contributed by atoms with Crippen LogP contribution in [0.5, 0.6) is 0 Å². The van der Waals surface area contributed by atoms with Crippen LogP contribution in [-0.4, -0.2) is 37.8 Å². The molecular weight excluding hydrogens is 368 g/mol. The minimum atomic E-state index is -3.39. The zero-order chi connectivity index (χ0) is 18.3. The Morgan fingerprint density at radius 3 is 2.58 bits per heavy atom. The topological polar surface area (TPSA) is 66.5 Å². The molecule has 144 valence electrons. The number of amides is 1. The molecule has 2 heterocycles. The van der Waals surface area contributed by atoms with E-state index in [4.69, 9.17) is 0 Å². The summed E-state index contributed by atoms with van der Waals surface area (Å²) in [5.74, 6) is 2.37. The van der Waals surface area contributed by atoms with Gasteiger partial charge in [0.2, 0.25) is 5.91 Å². The van der Waals surface area contributed by atoms with Gasteiger partial charge in [-0.3, -0.25) is 4.79 Å². The highest BCUT2D eigenvalue weighted by atomic mass is 32.2. The molecule has 2 saturated carbocycles. The molecule has 0 spiro atoms. The third kappa shape index (κ3) is 3.45. The molecule has 0 unspecified atom stereocenters. The first-order valence-corrected chi connectivity index (χ1v) is 12.1. The van der Waals surface area contributed by atoms with Crippen LogP contribution in [0.2, 0.25) is 0 Å². The molecular formula is C19H28N2O3S2. The molecule has 4 rings (SSSR count). The fourth-order valence-electron chi connectivity index (χ4n) is 5.25. The summed E-state index contributed by atoms with van der Waals surface area (Å²) in [4.78, 5) is 12.7. The third-order valence-corrected chi connectivity index (χ3v) is 9.99. The number of rotatable bonds is 5. The molecule has 5 nitrogen and oxygen atoms in total. The standard InChI is InChI=1S/C19H28N2O3S2/c1-13(17-12-14-4-5-16(17)11-14)20-19(22)15-6-8-21(9-7-15)26(23,24)18-3-2-10-25-18/h2-3,10,13-17H,4-9,11-12H2,1H3,(H,20,22)/t13-,14+,16-,17+/m0/s1. The Balaban J connectivity index is 1.30. The number of thiophene rings is 1. The van der Waals surface area contributed by atoms with Gasteiger partial charge in [-0.25, -0.2) is 8.42 Å². The van der Waals surface area contributed by atoms with Crippen molar-refractivity contribution >= 4 is 27.3 Å². The number of carbonyl (C=O) groups is 1. The lowest BCUT2D eigenvalue weighted by Gasteiger charge is -2.33. The Morgan fingerprint density at radius 2 is 2.00 bits per heavy atom. The molecule has 2 aliphatic carbocycles. The van der Waals surface area contributed by atoms with Crippen molar-refractivity contribution in [2.24, 2.45) is 23.7 Å². The van der Waals surface area contributed by atoms with Gasteiger partial charge in [0.15, 0.2) is 0 Å². The fraction of sp³-hybridized carbons (Fsp3) is 0.737. The van der Waals surface area contributed by atoms with Crippen LogP contribution in [0.4, 0.5) is 0 Å². The van der Waals surface area contributed by atoms with Gasteiger partial charge in [-0.1, -0.05) is 12.5 Å². The van der Waals surface area contributed by atoms with E-state index in [0.29, 0.717) is 36.1 Å². The number of nitrogens with one attached hydrogen (secondary N) is 1. The summed E-state index contributed by atoms with van der Waals surface area (Å²) in [7, 11) is -3.39. The lowest BCUT2D eigenvalue weighted by molar-refractivity contribution is -0.127. The highest BCUT2D eigenvalue weighted by Gasteiger charge is 2.42. The molecule has 3 aliphatic rings. The SMILES string of the molecule is C[C@H](NC(=O)C1CCN(S(=O)(=O)c2cccs2)CC1)[C@H]1C[C@@H]2CC[C@H]1C2. The van der Waals surface area contributed by atoms with E-state index >= 15 is 0 Å². The van der Waals surface area contributed by atoms with Crippen LogP contribution in [0.15, 0.2) is 21.7 Å². The summed E-state index contributed by atoms with van der Waals surface area (Å²) < 4.78 is 27.1. The molecule has 7 heteroatoms. The fourth-order valence-corrected chi connectivity index (χ4v) is 7.87. The number of fused-ring (bicyclic) bond motifs is 2. The third-order valence-electron chi connectivity index (χ3n) is 6.72. The molecule has 0 radical (unpaired) electrons. The molecule has 1 aromatic heterocycles. The quantitative estimate of drug-likeness (QED) is 0.832. The van der Waals surface area contributed by atoms with Crippen molar-refractivity contribution < 1.29 is 13.2 Å². The van der Waals surface area contributed by atoms with Gasteiger partial charge in [0, 0.05) is 25.0 Å². The normalized spacial score (nSPS) is 31.2. The summed E-state index contributed by atoms with van der Waals surface area (Å²) in [5, 5.41) is 5.03. The lowest BCUT2D eigenvalue weighted by Crippen LogP contribution is -2.46. The molecule has 3 fully saturated rings. The second kappa shape index (κ2) is 7.24. The first-order chi connectivity index (χ1) is 12.4. The van der Waals surface area contributed by atoms with E-state index in [2.05, 4.69) is 12.2 Å². The van der Waals surface area contributed by atoms with Gasteiger partial charge >= 0.3 is 0 Å². The minimum absolute atomic E-state index is 0.0640. The molecule has 1 aliphatic heterocycles. The average Bonchev–Trinajstić information content (AvgIpc) is 3.39. The van der Waals surface area contributed by atoms with Crippen LogP contribution in [0.25, 0.3) is 0 Å². The van der Waals surface area contributed by atoms with E-state index in [0.717, 1.165) is 11.8 Å². The van der Waals surface area contributed by atoms with Crippen LogP contribution >= 0.6 is 11.3 Å². The molecule has 4 atom stereocenters. The lowest BCUT2D eigenvalue weighted by atomic mass is 9.83. The number of carbonyl (C=O) groups excluding carboxylic acids is 1. The van der Waals surface area contributed by atoms with Crippen molar-refractivity contribution in [3.63, 3.8) is 0 Å².